The van der Waals surface area contributed by atoms with E-state index in [1.54, 1.807) is 0 Å². The largest absolute Gasteiger partial charge is 0.490 e. The number of aromatic carboxylic acids is 1. The Bertz CT molecular complexity index is 575. The van der Waals surface area contributed by atoms with Crippen molar-refractivity contribution in [2.24, 2.45) is 5.73 Å². The van der Waals surface area contributed by atoms with E-state index >= 15 is 0 Å². The number of esters is 1. The Morgan fingerprint density at radius 3 is 2.61 bits per heavy atom. The third-order valence-corrected chi connectivity index (χ3v) is 2.51. The van der Waals surface area contributed by atoms with E-state index < -0.39 is 17.0 Å². The van der Waals surface area contributed by atoms with Gasteiger partial charge in [0, 0.05) is 13.0 Å². The molecule has 23 heavy (non-hydrogen) atoms. The Morgan fingerprint density at radius 1 is 1.26 bits per heavy atom. The SMILES string of the molecule is NCCC(=O)Oc1cc(C(=O)O)ccc1OCCCO[N+](=O)[O-]. The zero-order chi connectivity index (χ0) is 17.2. The lowest BCUT2D eigenvalue weighted by Crippen LogP contribution is -2.15. The predicted molar refractivity (Wildman–Crippen MR) is 75.8 cm³/mol. The summed E-state index contributed by atoms with van der Waals surface area (Å²) in [5.41, 5.74) is 5.16. The van der Waals surface area contributed by atoms with Gasteiger partial charge in [-0.15, -0.1) is 10.1 Å². The standard InChI is InChI=1S/C13H16N2O8/c14-5-4-12(16)23-11-8-9(13(17)18)2-3-10(11)21-6-1-7-22-15(19)20/h2-3,8H,1,4-7,14H2,(H,17,18). The second-order valence-electron chi connectivity index (χ2n) is 4.24. The molecule has 1 aromatic rings. The lowest BCUT2D eigenvalue weighted by Gasteiger charge is -2.12. The lowest BCUT2D eigenvalue weighted by atomic mass is 10.2. The molecule has 0 aliphatic heterocycles. The molecule has 0 radical (unpaired) electrons. The van der Waals surface area contributed by atoms with Gasteiger partial charge in [-0.2, -0.15) is 0 Å². The Hall–Kier alpha value is -2.88. The zero-order valence-corrected chi connectivity index (χ0v) is 12.1. The number of hydrogen-bond acceptors (Lipinski definition) is 8. The van der Waals surface area contributed by atoms with Crippen LogP contribution in [0.5, 0.6) is 11.5 Å². The first-order chi connectivity index (χ1) is 10.9. The molecular formula is C13H16N2O8. The predicted octanol–water partition coefficient (Wildman–Crippen LogP) is 0.616. The molecule has 0 saturated carbocycles. The lowest BCUT2D eigenvalue weighted by molar-refractivity contribution is -0.757. The van der Waals surface area contributed by atoms with E-state index in [0.717, 1.165) is 6.07 Å². The topological polar surface area (TPSA) is 151 Å². The van der Waals surface area contributed by atoms with E-state index in [0.29, 0.717) is 0 Å². The van der Waals surface area contributed by atoms with Crippen molar-refractivity contribution < 1.29 is 34.1 Å². The average molecular weight is 328 g/mol. The highest BCUT2D eigenvalue weighted by atomic mass is 16.9. The number of nitrogens with two attached hydrogens (primary N) is 1. The number of ether oxygens (including phenoxy) is 2. The fourth-order valence-electron chi connectivity index (χ4n) is 1.51. The summed E-state index contributed by atoms with van der Waals surface area (Å²) in [5.74, 6) is -1.73. The molecule has 10 heteroatoms. The van der Waals surface area contributed by atoms with Gasteiger partial charge in [-0.1, -0.05) is 0 Å². The molecule has 0 spiro atoms. The van der Waals surface area contributed by atoms with Crippen LogP contribution < -0.4 is 15.2 Å². The van der Waals surface area contributed by atoms with Crippen LogP contribution >= 0.6 is 0 Å². The second kappa shape index (κ2) is 9.20. The first-order valence-electron chi connectivity index (χ1n) is 6.62. The van der Waals surface area contributed by atoms with Crippen LogP contribution in [0.25, 0.3) is 0 Å². The zero-order valence-electron chi connectivity index (χ0n) is 12.1. The van der Waals surface area contributed by atoms with Gasteiger partial charge in [-0.25, -0.2) is 4.79 Å². The Morgan fingerprint density at radius 2 is 2.00 bits per heavy atom. The van der Waals surface area contributed by atoms with Crippen molar-refractivity contribution in [3.8, 4) is 11.5 Å². The molecule has 0 aliphatic rings. The van der Waals surface area contributed by atoms with Crippen molar-refractivity contribution >= 4 is 11.9 Å². The summed E-state index contributed by atoms with van der Waals surface area (Å²) in [6.45, 7) is -0.00389. The highest BCUT2D eigenvalue weighted by Gasteiger charge is 2.14. The minimum Gasteiger partial charge on any atom is -0.490 e. The third kappa shape index (κ3) is 6.61. The van der Waals surface area contributed by atoms with Crippen molar-refractivity contribution in [2.75, 3.05) is 19.8 Å². The second-order valence-corrected chi connectivity index (χ2v) is 4.24. The van der Waals surface area contributed by atoms with Crippen LogP contribution in [0.2, 0.25) is 0 Å². The van der Waals surface area contributed by atoms with Gasteiger partial charge in [0.15, 0.2) is 11.5 Å². The molecule has 3 N–H and O–H groups in total. The summed E-state index contributed by atoms with van der Waals surface area (Å²) in [7, 11) is 0. The molecule has 0 aromatic heterocycles. The maximum absolute atomic E-state index is 11.5. The quantitative estimate of drug-likeness (QED) is 0.207. The van der Waals surface area contributed by atoms with Gasteiger partial charge in [-0.05, 0) is 18.2 Å². The van der Waals surface area contributed by atoms with E-state index in [1.165, 1.54) is 12.1 Å². The Labute approximate surface area is 130 Å². The van der Waals surface area contributed by atoms with Crippen LogP contribution in [-0.2, 0) is 9.63 Å². The molecule has 0 heterocycles. The molecule has 0 saturated heterocycles. The Kier molecular flexibility index (Phi) is 7.27. The minimum absolute atomic E-state index is 0.0343. The molecule has 0 aliphatic carbocycles. The number of carbonyl (C=O) groups is 2. The number of carbonyl (C=O) groups excluding carboxylic acids is 1. The van der Waals surface area contributed by atoms with E-state index in [-0.39, 0.29) is 49.7 Å². The first-order valence-corrected chi connectivity index (χ1v) is 6.62. The highest BCUT2D eigenvalue weighted by Crippen LogP contribution is 2.29. The number of nitrogens with zero attached hydrogens (tertiary/aromatic N) is 1. The minimum atomic E-state index is -1.19. The van der Waals surface area contributed by atoms with Crippen molar-refractivity contribution in [1.29, 1.82) is 0 Å². The summed E-state index contributed by atoms with van der Waals surface area (Å²) >= 11 is 0. The van der Waals surface area contributed by atoms with Crippen LogP contribution in [0.15, 0.2) is 18.2 Å². The molecule has 0 amide bonds. The first kappa shape index (κ1) is 18.2. The fraction of sp³-hybridized carbons (Fsp3) is 0.385. The maximum atomic E-state index is 11.5. The van der Waals surface area contributed by atoms with E-state index in [9.17, 15) is 19.7 Å². The van der Waals surface area contributed by atoms with Gasteiger partial charge < -0.3 is 25.2 Å². The van der Waals surface area contributed by atoms with Gasteiger partial charge in [0.25, 0.3) is 5.09 Å². The molecule has 126 valence electrons. The van der Waals surface area contributed by atoms with Crippen molar-refractivity contribution in [3.05, 3.63) is 33.9 Å². The monoisotopic (exact) mass is 328 g/mol. The molecule has 0 bridgehead atoms. The number of carboxylic acid groups (broad SMARTS) is 1. The fourth-order valence-corrected chi connectivity index (χ4v) is 1.51. The molecule has 0 fully saturated rings. The normalized spacial score (nSPS) is 9.96. The third-order valence-electron chi connectivity index (χ3n) is 2.51. The van der Waals surface area contributed by atoms with E-state index in [2.05, 4.69) is 4.84 Å². The van der Waals surface area contributed by atoms with Crippen LogP contribution in [0, 0.1) is 10.1 Å². The van der Waals surface area contributed by atoms with E-state index in [1.807, 2.05) is 0 Å². The maximum Gasteiger partial charge on any atom is 0.335 e. The van der Waals surface area contributed by atoms with Gasteiger partial charge in [-0.3, -0.25) is 4.79 Å². The van der Waals surface area contributed by atoms with Crippen LogP contribution in [0.3, 0.4) is 0 Å². The highest BCUT2D eigenvalue weighted by molar-refractivity contribution is 5.88. The van der Waals surface area contributed by atoms with Gasteiger partial charge >= 0.3 is 11.9 Å². The van der Waals surface area contributed by atoms with E-state index in [4.69, 9.17) is 20.3 Å². The van der Waals surface area contributed by atoms with Crippen LogP contribution in [0.1, 0.15) is 23.2 Å². The summed E-state index contributed by atoms with van der Waals surface area (Å²) in [5, 5.41) is 18.0. The molecular weight excluding hydrogens is 312 g/mol. The molecule has 10 nitrogen and oxygen atoms in total. The summed E-state index contributed by atoms with van der Waals surface area (Å²) in [4.78, 5) is 36.6. The summed E-state index contributed by atoms with van der Waals surface area (Å²) in [6, 6.07) is 3.77. The smallest absolute Gasteiger partial charge is 0.335 e. The van der Waals surface area contributed by atoms with Gasteiger partial charge in [0.05, 0.1) is 25.2 Å². The van der Waals surface area contributed by atoms with Crippen LogP contribution in [0.4, 0.5) is 0 Å². The van der Waals surface area contributed by atoms with Gasteiger partial charge in [0.1, 0.15) is 0 Å². The summed E-state index contributed by atoms with van der Waals surface area (Å²) < 4.78 is 10.4. The van der Waals surface area contributed by atoms with Crippen molar-refractivity contribution in [1.82, 2.24) is 0 Å². The number of hydrogen-bond donors (Lipinski definition) is 2. The van der Waals surface area contributed by atoms with Crippen molar-refractivity contribution in [3.63, 3.8) is 0 Å². The van der Waals surface area contributed by atoms with Crippen molar-refractivity contribution in [2.45, 2.75) is 12.8 Å². The average Bonchev–Trinajstić information content (AvgIpc) is 2.47. The number of rotatable bonds is 10. The van der Waals surface area contributed by atoms with Gasteiger partial charge in [0.2, 0.25) is 0 Å². The molecule has 1 aromatic carbocycles. The number of carboxylic acids is 1. The number of benzene rings is 1. The Balaban J connectivity index is 2.73. The molecule has 0 atom stereocenters. The summed E-state index contributed by atoms with van der Waals surface area (Å²) in [6.07, 6.45) is 0.186. The molecule has 1 rings (SSSR count). The molecule has 0 unspecified atom stereocenters. The van der Waals surface area contributed by atoms with Crippen LogP contribution in [-0.4, -0.2) is 41.9 Å².